The Morgan fingerprint density at radius 1 is 0.895 bits per heavy atom. The second-order valence-corrected chi connectivity index (χ2v) is 7.60. The lowest BCUT2D eigenvalue weighted by atomic mass is 9.53. The number of unbranched alkanes of at least 4 members (excludes halogenated alkanes) is 4. The molecule has 1 N–H and O–H groups in total. The number of aliphatic carboxylic acids is 1. The number of carboxylic acid groups (broad SMARTS) is 1. The highest BCUT2D eigenvalue weighted by molar-refractivity contribution is 5.74. The van der Waals surface area contributed by atoms with Crippen molar-refractivity contribution in [1.29, 1.82) is 0 Å². The first kappa shape index (κ1) is 18.5. The largest absolute Gasteiger partial charge is 0.481 e. The maximum atomic E-state index is 11.5. The maximum absolute atomic E-state index is 11.5. The van der Waals surface area contributed by atoms with Gasteiger partial charge in [0.1, 0.15) is 0 Å². The highest BCUT2D eigenvalue weighted by atomic mass is 16.4. The third kappa shape index (κ3) is 4.22. The Kier molecular flexibility index (Phi) is 6.57. The molecular formula is C17H34O2. The number of carboxylic acids is 1. The zero-order valence-corrected chi connectivity index (χ0v) is 14.1. The molecule has 0 aromatic rings. The maximum Gasteiger partial charge on any atom is 0.309 e. The highest BCUT2D eigenvalue weighted by Gasteiger charge is 2.51. The summed E-state index contributed by atoms with van der Waals surface area (Å²) in [6.07, 6.45) is 7.44. The van der Waals surface area contributed by atoms with Crippen molar-refractivity contribution in [2.45, 2.75) is 87.0 Å². The van der Waals surface area contributed by atoms with E-state index >= 15 is 0 Å². The molecule has 0 aromatic carbocycles. The number of hydrogen-bond acceptors (Lipinski definition) is 1. The number of hydrogen-bond donors (Lipinski definition) is 1. The molecule has 0 heterocycles. The van der Waals surface area contributed by atoms with Crippen LogP contribution in [-0.2, 0) is 4.79 Å². The van der Waals surface area contributed by atoms with Crippen molar-refractivity contribution in [3.05, 3.63) is 0 Å². The Hall–Kier alpha value is -0.530. The standard InChI is InChI=1S/C17H34O2/c1-8-9-10-11-12-13-15(2,3)17(6,7)16(4,5)14(18)19/h8-13H2,1-7H3,(H,18,19). The van der Waals surface area contributed by atoms with Crippen molar-refractivity contribution in [3.8, 4) is 0 Å². The second kappa shape index (κ2) is 6.76. The van der Waals surface area contributed by atoms with Gasteiger partial charge in [0.2, 0.25) is 0 Å². The molecular weight excluding hydrogens is 236 g/mol. The molecule has 0 aliphatic rings. The lowest BCUT2D eigenvalue weighted by Gasteiger charge is -2.50. The van der Waals surface area contributed by atoms with E-state index < -0.39 is 11.4 Å². The van der Waals surface area contributed by atoms with Crippen LogP contribution >= 0.6 is 0 Å². The van der Waals surface area contributed by atoms with Crippen molar-refractivity contribution < 1.29 is 9.90 Å². The van der Waals surface area contributed by atoms with Crippen LogP contribution in [0.4, 0.5) is 0 Å². The van der Waals surface area contributed by atoms with Crippen LogP contribution in [-0.4, -0.2) is 11.1 Å². The lowest BCUT2D eigenvalue weighted by Crippen LogP contribution is -2.48. The highest BCUT2D eigenvalue weighted by Crippen LogP contribution is 2.53. The molecule has 0 bridgehead atoms. The fourth-order valence-corrected chi connectivity index (χ4v) is 2.60. The molecule has 0 fully saturated rings. The fraction of sp³-hybridized carbons (Fsp3) is 0.941. The number of carbonyl (C=O) groups is 1. The monoisotopic (exact) mass is 270 g/mol. The Labute approximate surface area is 120 Å². The molecule has 0 unspecified atom stereocenters. The van der Waals surface area contributed by atoms with Crippen molar-refractivity contribution in [3.63, 3.8) is 0 Å². The van der Waals surface area contributed by atoms with E-state index in [2.05, 4.69) is 34.6 Å². The molecule has 0 radical (unpaired) electrons. The predicted octanol–water partition coefficient (Wildman–Crippen LogP) is 5.51. The van der Waals surface area contributed by atoms with Gasteiger partial charge in [-0.15, -0.1) is 0 Å². The zero-order chi connectivity index (χ0) is 15.3. The molecule has 114 valence electrons. The third-order valence-electron chi connectivity index (χ3n) is 5.69. The molecule has 0 aliphatic heterocycles. The van der Waals surface area contributed by atoms with Gasteiger partial charge < -0.3 is 5.11 Å². The smallest absolute Gasteiger partial charge is 0.309 e. The summed E-state index contributed by atoms with van der Waals surface area (Å²) in [6, 6.07) is 0. The molecule has 0 rings (SSSR count). The topological polar surface area (TPSA) is 37.3 Å². The minimum atomic E-state index is -0.708. The summed E-state index contributed by atoms with van der Waals surface area (Å²) in [6.45, 7) is 14.6. The van der Waals surface area contributed by atoms with Gasteiger partial charge in [-0.3, -0.25) is 4.79 Å². The van der Waals surface area contributed by atoms with Gasteiger partial charge in [0, 0.05) is 0 Å². The van der Waals surface area contributed by atoms with E-state index in [1.165, 1.54) is 32.1 Å². The molecule has 0 spiro atoms. The summed E-state index contributed by atoms with van der Waals surface area (Å²) in [5.41, 5.74) is -0.919. The Morgan fingerprint density at radius 3 is 1.79 bits per heavy atom. The first-order valence-electron chi connectivity index (χ1n) is 7.74. The van der Waals surface area contributed by atoms with E-state index in [1.807, 2.05) is 13.8 Å². The summed E-state index contributed by atoms with van der Waals surface area (Å²) in [5.74, 6) is -0.698. The van der Waals surface area contributed by atoms with Crippen LogP contribution in [0.15, 0.2) is 0 Å². The van der Waals surface area contributed by atoms with Gasteiger partial charge >= 0.3 is 5.97 Å². The first-order valence-corrected chi connectivity index (χ1v) is 7.74. The molecule has 19 heavy (non-hydrogen) atoms. The second-order valence-electron chi connectivity index (χ2n) is 7.60. The minimum absolute atomic E-state index is 0.0289. The van der Waals surface area contributed by atoms with Crippen LogP contribution in [0.5, 0.6) is 0 Å². The average Bonchev–Trinajstić information content (AvgIpc) is 2.27. The normalized spacial score (nSPS) is 13.6. The van der Waals surface area contributed by atoms with E-state index in [1.54, 1.807) is 0 Å². The van der Waals surface area contributed by atoms with E-state index in [9.17, 15) is 9.90 Å². The van der Waals surface area contributed by atoms with Gasteiger partial charge in [0.05, 0.1) is 5.41 Å². The molecule has 0 aromatic heterocycles. The van der Waals surface area contributed by atoms with Gasteiger partial charge in [-0.2, -0.15) is 0 Å². The summed E-state index contributed by atoms with van der Waals surface area (Å²) in [5, 5.41) is 9.48. The average molecular weight is 270 g/mol. The van der Waals surface area contributed by atoms with Crippen molar-refractivity contribution in [2.24, 2.45) is 16.2 Å². The van der Waals surface area contributed by atoms with Crippen molar-refractivity contribution >= 4 is 5.97 Å². The third-order valence-corrected chi connectivity index (χ3v) is 5.69. The molecule has 0 saturated heterocycles. The Balaban J connectivity index is 4.65. The van der Waals surface area contributed by atoms with Crippen LogP contribution in [0.25, 0.3) is 0 Å². The molecule has 0 atom stereocenters. The van der Waals surface area contributed by atoms with E-state index in [-0.39, 0.29) is 10.8 Å². The lowest BCUT2D eigenvalue weighted by molar-refractivity contribution is -0.160. The first-order chi connectivity index (χ1) is 8.50. The molecule has 0 saturated carbocycles. The SMILES string of the molecule is CCCCCCCC(C)(C)C(C)(C)C(C)(C)C(=O)O. The summed E-state index contributed by atoms with van der Waals surface area (Å²) < 4.78 is 0. The van der Waals surface area contributed by atoms with Gasteiger partial charge in [-0.05, 0) is 31.1 Å². The van der Waals surface area contributed by atoms with Gasteiger partial charge in [0.15, 0.2) is 0 Å². The van der Waals surface area contributed by atoms with Gasteiger partial charge in [-0.1, -0.05) is 66.7 Å². The van der Waals surface area contributed by atoms with Gasteiger partial charge in [-0.25, -0.2) is 0 Å². The van der Waals surface area contributed by atoms with E-state index in [0.29, 0.717) is 0 Å². The quantitative estimate of drug-likeness (QED) is 0.561. The predicted molar refractivity (Wildman–Crippen MR) is 82.4 cm³/mol. The van der Waals surface area contributed by atoms with Crippen LogP contribution in [0.3, 0.4) is 0 Å². The molecule has 0 aliphatic carbocycles. The van der Waals surface area contributed by atoms with Crippen LogP contribution in [0.2, 0.25) is 0 Å². The summed E-state index contributed by atoms with van der Waals surface area (Å²) in [4.78, 5) is 11.5. The molecule has 2 nitrogen and oxygen atoms in total. The molecule has 0 amide bonds. The van der Waals surface area contributed by atoms with Crippen molar-refractivity contribution in [1.82, 2.24) is 0 Å². The van der Waals surface area contributed by atoms with E-state index in [4.69, 9.17) is 0 Å². The summed E-state index contributed by atoms with van der Waals surface area (Å²) in [7, 11) is 0. The minimum Gasteiger partial charge on any atom is -0.481 e. The fourth-order valence-electron chi connectivity index (χ4n) is 2.60. The van der Waals surface area contributed by atoms with E-state index in [0.717, 1.165) is 6.42 Å². The van der Waals surface area contributed by atoms with Crippen molar-refractivity contribution in [2.75, 3.05) is 0 Å². The van der Waals surface area contributed by atoms with Crippen LogP contribution < -0.4 is 0 Å². The summed E-state index contributed by atoms with van der Waals surface area (Å²) >= 11 is 0. The number of rotatable bonds is 9. The van der Waals surface area contributed by atoms with Gasteiger partial charge in [0.25, 0.3) is 0 Å². The zero-order valence-electron chi connectivity index (χ0n) is 14.1. The van der Waals surface area contributed by atoms with Crippen LogP contribution in [0.1, 0.15) is 87.0 Å². The van der Waals surface area contributed by atoms with Crippen LogP contribution in [0, 0.1) is 16.2 Å². The Morgan fingerprint density at radius 2 is 1.37 bits per heavy atom. The Bertz CT molecular complexity index is 288. The molecule has 2 heteroatoms.